The lowest BCUT2D eigenvalue weighted by molar-refractivity contribution is 0.0924. The number of halogens is 1. The van der Waals surface area contributed by atoms with E-state index in [-0.39, 0.29) is 17.8 Å². The second-order valence-electron chi connectivity index (χ2n) is 7.17. The van der Waals surface area contributed by atoms with Crippen LogP contribution in [0.15, 0.2) is 42.6 Å². The first-order valence-corrected chi connectivity index (χ1v) is 9.30. The summed E-state index contributed by atoms with van der Waals surface area (Å²) in [6, 6.07) is 10.4. The number of carbonyl (C=O) groups excluding carboxylic acids is 1. The summed E-state index contributed by atoms with van der Waals surface area (Å²) in [6.45, 7) is 6.36. The average Bonchev–Trinajstić information content (AvgIpc) is 3.04. The molecule has 0 aliphatic carbocycles. The molecular weight excluding hydrogens is 357 g/mol. The van der Waals surface area contributed by atoms with E-state index in [1.54, 1.807) is 25.1 Å². The maximum atomic E-state index is 14.1. The van der Waals surface area contributed by atoms with Gasteiger partial charge in [0.15, 0.2) is 0 Å². The third-order valence-corrected chi connectivity index (χ3v) is 5.12. The van der Waals surface area contributed by atoms with Gasteiger partial charge in [-0.25, -0.2) is 9.07 Å². The molecule has 1 unspecified atom stereocenters. The Bertz CT molecular complexity index is 1060. The van der Waals surface area contributed by atoms with Crippen molar-refractivity contribution in [2.45, 2.75) is 33.2 Å². The van der Waals surface area contributed by atoms with Gasteiger partial charge in [-0.05, 0) is 38.5 Å². The monoisotopic (exact) mass is 379 g/mol. The molecule has 1 N–H and O–H groups in total. The first-order valence-electron chi connectivity index (χ1n) is 9.30. The summed E-state index contributed by atoms with van der Waals surface area (Å²) in [5.41, 5.74) is 4.54. The van der Waals surface area contributed by atoms with Crippen molar-refractivity contribution >= 4 is 5.91 Å². The number of ether oxygens (including phenoxy) is 1. The summed E-state index contributed by atoms with van der Waals surface area (Å²) < 4.78 is 21.4. The predicted octanol–water partition coefficient (Wildman–Crippen LogP) is 4.19. The average molecular weight is 379 g/mol. The van der Waals surface area contributed by atoms with E-state index in [0.29, 0.717) is 30.0 Å². The summed E-state index contributed by atoms with van der Waals surface area (Å²) in [5, 5.41) is 7.32. The maximum Gasteiger partial charge on any atom is 0.255 e. The van der Waals surface area contributed by atoms with Crippen molar-refractivity contribution in [3.63, 3.8) is 0 Å². The number of carbonyl (C=O) groups is 1. The molecule has 2 heterocycles. The molecule has 1 aliphatic heterocycles. The highest BCUT2D eigenvalue weighted by molar-refractivity contribution is 5.95. The molecule has 0 saturated carbocycles. The second kappa shape index (κ2) is 7.11. The summed E-state index contributed by atoms with van der Waals surface area (Å²) in [7, 11) is 0. The van der Waals surface area contributed by atoms with Gasteiger partial charge in [0, 0.05) is 12.0 Å². The minimum absolute atomic E-state index is 0.133. The van der Waals surface area contributed by atoms with Gasteiger partial charge in [-0.2, -0.15) is 5.10 Å². The largest absolute Gasteiger partial charge is 0.493 e. The van der Waals surface area contributed by atoms with Gasteiger partial charge in [0.1, 0.15) is 17.3 Å². The van der Waals surface area contributed by atoms with Crippen LogP contribution in [0.5, 0.6) is 5.75 Å². The van der Waals surface area contributed by atoms with Gasteiger partial charge < -0.3 is 10.1 Å². The van der Waals surface area contributed by atoms with Crippen molar-refractivity contribution in [1.82, 2.24) is 15.1 Å². The van der Waals surface area contributed by atoms with Crippen LogP contribution in [0.3, 0.4) is 0 Å². The van der Waals surface area contributed by atoms with Gasteiger partial charge in [0.05, 0.1) is 30.1 Å². The van der Waals surface area contributed by atoms with Crippen molar-refractivity contribution in [2.75, 3.05) is 6.61 Å². The van der Waals surface area contributed by atoms with Crippen LogP contribution in [0.1, 0.15) is 45.2 Å². The Labute approximate surface area is 163 Å². The molecule has 1 amide bonds. The number of nitrogens with one attached hydrogen (secondary N) is 1. The Kier molecular flexibility index (Phi) is 4.63. The Morgan fingerprint density at radius 2 is 2.04 bits per heavy atom. The van der Waals surface area contributed by atoms with Gasteiger partial charge in [-0.3, -0.25) is 4.79 Å². The van der Waals surface area contributed by atoms with Crippen LogP contribution in [0, 0.1) is 26.6 Å². The zero-order chi connectivity index (χ0) is 19.8. The van der Waals surface area contributed by atoms with E-state index in [4.69, 9.17) is 4.74 Å². The molecule has 144 valence electrons. The van der Waals surface area contributed by atoms with Gasteiger partial charge in [0.2, 0.25) is 0 Å². The quantitative estimate of drug-likeness (QED) is 0.742. The Morgan fingerprint density at radius 1 is 1.25 bits per heavy atom. The lowest BCUT2D eigenvalue weighted by Crippen LogP contribution is -2.32. The fraction of sp³-hybridized carbons (Fsp3) is 0.273. The van der Waals surface area contributed by atoms with E-state index in [0.717, 1.165) is 22.4 Å². The number of hydrogen-bond acceptors (Lipinski definition) is 3. The van der Waals surface area contributed by atoms with Crippen molar-refractivity contribution in [3.05, 3.63) is 76.4 Å². The SMILES string of the molecule is Cc1cc(C)c2c(c1)C(NC(=O)c1cnn(-c3ccccc3F)c1C)CCO2. The fourth-order valence-corrected chi connectivity index (χ4v) is 3.76. The minimum atomic E-state index is -0.384. The number of aryl methyl sites for hydroxylation is 2. The topological polar surface area (TPSA) is 56.2 Å². The number of para-hydroxylation sites is 1. The summed E-state index contributed by atoms with van der Waals surface area (Å²) in [6.07, 6.45) is 2.18. The number of hydrogen-bond donors (Lipinski definition) is 1. The Hall–Kier alpha value is -3.15. The van der Waals surface area contributed by atoms with Gasteiger partial charge in [0.25, 0.3) is 5.91 Å². The smallest absolute Gasteiger partial charge is 0.255 e. The normalized spacial score (nSPS) is 15.6. The number of fused-ring (bicyclic) bond motifs is 1. The van der Waals surface area contributed by atoms with Gasteiger partial charge in [-0.15, -0.1) is 0 Å². The number of rotatable bonds is 3. The first-order chi connectivity index (χ1) is 13.5. The van der Waals surface area contributed by atoms with Gasteiger partial charge in [-0.1, -0.05) is 29.8 Å². The molecular formula is C22H22FN3O2. The molecule has 28 heavy (non-hydrogen) atoms. The highest BCUT2D eigenvalue weighted by Crippen LogP contribution is 2.36. The summed E-state index contributed by atoms with van der Waals surface area (Å²) in [4.78, 5) is 12.9. The zero-order valence-corrected chi connectivity index (χ0v) is 16.1. The zero-order valence-electron chi connectivity index (χ0n) is 16.1. The highest BCUT2D eigenvalue weighted by Gasteiger charge is 2.26. The van der Waals surface area contributed by atoms with Crippen LogP contribution < -0.4 is 10.1 Å². The van der Waals surface area contributed by atoms with Crippen molar-refractivity contribution in [2.24, 2.45) is 0 Å². The minimum Gasteiger partial charge on any atom is -0.493 e. The maximum absolute atomic E-state index is 14.1. The number of nitrogens with zero attached hydrogens (tertiary/aromatic N) is 2. The first kappa shape index (κ1) is 18.2. The standard InChI is InChI=1S/C22H22FN3O2/c1-13-10-14(2)21-16(11-13)19(8-9-28-21)25-22(27)17-12-24-26(15(17)3)20-7-5-4-6-18(20)23/h4-7,10-12,19H,8-9H2,1-3H3,(H,25,27). The molecule has 2 aromatic carbocycles. The van der Waals surface area contributed by atoms with E-state index < -0.39 is 0 Å². The van der Waals surface area contributed by atoms with Crippen LogP contribution in [0.4, 0.5) is 4.39 Å². The van der Waals surface area contributed by atoms with Crippen molar-refractivity contribution in [1.29, 1.82) is 0 Å². The molecule has 1 aromatic heterocycles. The third-order valence-electron chi connectivity index (χ3n) is 5.12. The van der Waals surface area contributed by atoms with E-state index in [1.165, 1.54) is 16.9 Å². The molecule has 0 bridgehead atoms. The van der Waals surface area contributed by atoms with Gasteiger partial charge >= 0.3 is 0 Å². The Morgan fingerprint density at radius 3 is 2.82 bits per heavy atom. The number of amides is 1. The van der Waals surface area contributed by atoms with E-state index in [2.05, 4.69) is 22.5 Å². The van der Waals surface area contributed by atoms with E-state index >= 15 is 0 Å². The van der Waals surface area contributed by atoms with Crippen LogP contribution >= 0.6 is 0 Å². The lowest BCUT2D eigenvalue weighted by Gasteiger charge is -2.28. The van der Waals surface area contributed by atoms with Crippen LogP contribution in [0.25, 0.3) is 5.69 Å². The molecule has 1 aliphatic rings. The fourth-order valence-electron chi connectivity index (χ4n) is 3.76. The third kappa shape index (κ3) is 3.15. The number of aromatic nitrogens is 2. The molecule has 3 aromatic rings. The Balaban J connectivity index is 1.62. The van der Waals surface area contributed by atoms with E-state index in [1.807, 2.05) is 13.8 Å². The summed E-state index contributed by atoms with van der Waals surface area (Å²) >= 11 is 0. The van der Waals surface area contributed by atoms with Crippen molar-refractivity contribution in [3.8, 4) is 11.4 Å². The second-order valence-corrected chi connectivity index (χ2v) is 7.17. The van der Waals surface area contributed by atoms with E-state index in [9.17, 15) is 9.18 Å². The predicted molar refractivity (Wildman–Crippen MR) is 104 cm³/mol. The van der Waals surface area contributed by atoms with Crippen LogP contribution in [0.2, 0.25) is 0 Å². The molecule has 0 saturated heterocycles. The van der Waals surface area contributed by atoms with Crippen LogP contribution in [-0.2, 0) is 0 Å². The summed E-state index contributed by atoms with van der Waals surface area (Å²) in [5.74, 6) is 0.239. The van der Waals surface area contributed by atoms with Crippen molar-refractivity contribution < 1.29 is 13.9 Å². The molecule has 6 heteroatoms. The molecule has 0 radical (unpaired) electrons. The lowest BCUT2D eigenvalue weighted by atomic mass is 9.95. The molecule has 5 nitrogen and oxygen atoms in total. The molecule has 0 spiro atoms. The highest BCUT2D eigenvalue weighted by atomic mass is 19.1. The molecule has 0 fully saturated rings. The number of benzene rings is 2. The van der Waals surface area contributed by atoms with Crippen LogP contribution in [-0.4, -0.2) is 22.3 Å². The molecule has 1 atom stereocenters. The molecule has 4 rings (SSSR count).